The van der Waals surface area contributed by atoms with Gasteiger partial charge in [-0.15, -0.1) is 0 Å². The van der Waals surface area contributed by atoms with Gasteiger partial charge in [-0.05, 0) is 0 Å². The molecule has 16 valence electrons. The summed E-state index contributed by atoms with van der Waals surface area (Å²) in [6, 6.07) is 0. The molecule has 0 saturated heterocycles. The van der Waals surface area contributed by atoms with Gasteiger partial charge < -0.3 is 11.0 Å². The van der Waals surface area contributed by atoms with Gasteiger partial charge in [-0.2, -0.15) is 0 Å². The van der Waals surface area contributed by atoms with Gasteiger partial charge in [-0.1, -0.05) is 0 Å². The Labute approximate surface area is 75.3 Å². The van der Waals surface area contributed by atoms with Gasteiger partial charge in [0.15, 0.2) is 0 Å². The SMILES string of the molecule is [O-2].[O-2].[Ti+4].[Ti+4].[Ti+4]. The summed E-state index contributed by atoms with van der Waals surface area (Å²) in [5.74, 6) is 0. The topological polar surface area (TPSA) is 57.0 Å². The van der Waals surface area contributed by atoms with E-state index in [0.717, 1.165) is 0 Å². The van der Waals surface area contributed by atoms with Crippen LogP contribution in [0.3, 0.4) is 0 Å². The number of hydrogen-bond donors (Lipinski definition) is 0. The van der Waals surface area contributed by atoms with Crippen molar-refractivity contribution in [3.63, 3.8) is 0 Å². The van der Waals surface area contributed by atoms with E-state index in [-0.39, 0.29) is 76.1 Å². The van der Waals surface area contributed by atoms with Crippen molar-refractivity contribution >= 4 is 0 Å². The molecule has 0 N–H and O–H groups in total. The van der Waals surface area contributed by atoms with Crippen molar-refractivity contribution in [3.8, 4) is 0 Å². The van der Waals surface area contributed by atoms with Crippen molar-refractivity contribution in [1.82, 2.24) is 0 Å². The summed E-state index contributed by atoms with van der Waals surface area (Å²) in [7, 11) is 0. The van der Waals surface area contributed by atoms with Gasteiger partial charge in [-0.25, -0.2) is 0 Å². The molecule has 5 heteroatoms. The molecule has 0 spiro atoms. The predicted octanol–water partition coefficient (Wildman–Crippen LogP) is -0.245. The molecular formula is O2Ti3+8. The van der Waals surface area contributed by atoms with Gasteiger partial charge in [0.25, 0.3) is 0 Å². The number of rotatable bonds is 0. The summed E-state index contributed by atoms with van der Waals surface area (Å²) in [4.78, 5) is 0. The van der Waals surface area contributed by atoms with E-state index in [1.165, 1.54) is 0 Å². The van der Waals surface area contributed by atoms with E-state index in [0.29, 0.717) is 0 Å². The fraction of sp³-hybridized carbons (Fsp3) is 0. The van der Waals surface area contributed by atoms with E-state index in [1.54, 1.807) is 0 Å². The van der Waals surface area contributed by atoms with Gasteiger partial charge in [0.05, 0.1) is 0 Å². The minimum Gasteiger partial charge on any atom is -2.00 e. The van der Waals surface area contributed by atoms with Gasteiger partial charge >= 0.3 is 65.2 Å². The summed E-state index contributed by atoms with van der Waals surface area (Å²) in [5, 5.41) is 0. The molecule has 0 atom stereocenters. The van der Waals surface area contributed by atoms with Crippen molar-refractivity contribution in [2.75, 3.05) is 0 Å². The van der Waals surface area contributed by atoms with Crippen molar-refractivity contribution in [1.29, 1.82) is 0 Å². The Hall–Kier alpha value is 2.06. The molecule has 0 bridgehead atoms. The van der Waals surface area contributed by atoms with E-state index in [1.807, 2.05) is 0 Å². The van der Waals surface area contributed by atoms with Crippen LogP contribution in [0.15, 0.2) is 0 Å². The monoisotopic (exact) mass is 176 g/mol. The molecule has 0 aliphatic rings. The molecule has 0 amide bonds. The first-order valence-electron chi connectivity index (χ1n) is 0. The quantitative estimate of drug-likeness (QED) is 0.456. The van der Waals surface area contributed by atoms with Crippen molar-refractivity contribution in [3.05, 3.63) is 0 Å². The van der Waals surface area contributed by atoms with Crippen LogP contribution in [0.1, 0.15) is 0 Å². The second-order valence-corrected chi connectivity index (χ2v) is 0. The third kappa shape index (κ3) is 23.5. The molecule has 0 aliphatic heterocycles. The molecule has 0 radical (unpaired) electrons. The molecule has 0 fully saturated rings. The van der Waals surface area contributed by atoms with Crippen LogP contribution in [0, 0.1) is 0 Å². The van der Waals surface area contributed by atoms with Crippen LogP contribution in [0.5, 0.6) is 0 Å². The first kappa shape index (κ1) is 61.0. The van der Waals surface area contributed by atoms with E-state index < -0.39 is 0 Å². The molecule has 0 rings (SSSR count). The second kappa shape index (κ2) is 36.5. The summed E-state index contributed by atoms with van der Waals surface area (Å²) in [5.41, 5.74) is 0. The average molecular weight is 176 g/mol. The van der Waals surface area contributed by atoms with E-state index in [4.69, 9.17) is 0 Å². The molecule has 0 aromatic heterocycles. The Morgan fingerprint density at radius 3 is 0.400 bits per heavy atom. The Balaban J connectivity index is 0. The summed E-state index contributed by atoms with van der Waals surface area (Å²) < 4.78 is 0. The van der Waals surface area contributed by atoms with Crippen molar-refractivity contribution in [2.24, 2.45) is 0 Å². The maximum absolute atomic E-state index is 0. The fourth-order valence-corrected chi connectivity index (χ4v) is 0. The van der Waals surface area contributed by atoms with Crippen LogP contribution in [0.2, 0.25) is 0 Å². The summed E-state index contributed by atoms with van der Waals surface area (Å²) >= 11 is 0. The maximum atomic E-state index is 0. The van der Waals surface area contributed by atoms with Gasteiger partial charge in [0, 0.05) is 0 Å². The van der Waals surface area contributed by atoms with Crippen LogP contribution >= 0.6 is 0 Å². The zero-order valence-corrected chi connectivity index (χ0v) is 7.00. The van der Waals surface area contributed by atoms with E-state index in [9.17, 15) is 0 Å². The average Bonchev–Trinajstić information content (AvgIpc) is 0. The molecule has 0 aromatic rings. The Kier molecular flexibility index (Phi) is 446. The summed E-state index contributed by atoms with van der Waals surface area (Å²) in [6.07, 6.45) is 0. The fourth-order valence-electron chi connectivity index (χ4n) is 0. The first-order valence-corrected chi connectivity index (χ1v) is 0. The van der Waals surface area contributed by atoms with Gasteiger partial charge in [0.1, 0.15) is 0 Å². The number of hydrogen-bond acceptors (Lipinski definition) is 0. The minimum absolute atomic E-state index is 0. The molecule has 5 heavy (non-hydrogen) atoms. The van der Waals surface area contributed by atoms with Crippen LogP contribution in [0.25, 0.3) is 0 Å². The molecule has 2 nitrogen and oxygen atoms in total. The molecule has 0 aliphatic carbocycles. The molecule has 0 aromatic carbocycles. The maximum Gasteiger partial charge on any atom is 4.00 e. The van der Waals surface area contributed by atoms with Crippen LogP contribution < -0.4 is 0 Å². The Morgan fingerprint density at radius 1 is 0.400 bits per heavy atom. The second-order valence-electron chi connectivity index (χ2n) is 0. The van der Waals surface area contributed by atoms with Crippen LogP contribution in [-0.4, -0.2) is 0 Å². The minimum atomic E-state index is 0. The van der Waals surface area contributed by atoms with Crippen molar-refractivity contribution < 1.29 is 76.1 Å². The molecule has 0 heterocycles. The van der Waals surface area contributed by atoms with Crippen LogP contribution in [0.4, 0.5) is 0 Å². The standard InChI is InChI=1S/2O.3Ti/q2*-2;3*+4. The zero-order chi connectivity index (χ0) is 0. The zero-order valence-electron chi connectivity index (χ0n) is 2.32. The van der Waals surface area contributed by atoms with Gasteiger partial charge in [0.2, 0.25) is 0 Å². The molecular weight excluding hydrogens is 176 g/mol. The molecule has 0 saturated carbocycles. The van der Waals surface area contributed by atoms with Crippen molar-refractivity contribution in [2.45, 2.75) is 0 Å². The summed E-state index contributed by atoms with van der Waals surface area (Å²) in [6.45, 7) is 0. The largest absolute Gasteiger partial charge is 4.00 e. The van der Waals surface area contributed by atoms with Crippen LogP contribution in [-0.2, 0) is 76.1 Å². The Bertz CT molecular complexity index is 4.85. The van der Waals surface area contributed by atoms with E-state index in [2.05, 4.69) is 0 Å². The third-order valence-corrected chi connectivity index (χ3v) is 0. The smallest absolute Gasteiger partial charge is 2.00 e. The normalized spacial score (nSPS) is 0. The predicted molar refractivity (Wildman–Crippen MR) is 1.37 cm³/mol. The molecule has 0 unspecified atom stereocenters. The first-order chi connectivity index (χ1) is 0. The van der Waals surface area contributed by atoms with Gasteiger partial charge in [-0.3, -0.25) is 0 Å². The van der Waals surface area contributed by atoms with E-state index >= 15 is 0 Å². The Morgan fingerprint density at radius 2 is 0.400 bits per heavy atom. The third-order valence-electron chi connectivity index (χ3n) is 0.